The van der Waals surface area contributed by atoms with E-state index in [1.165, 1.54) is 12.4 Å². The van der Waals surface area contributed by atoms with Gasteiger partial charge in [0.05, 0.1) is 6.20 Å². The van der Waals surface area contributed by atoms with Crippen LogP contribution in [0.25, 0.3) is 0 Å². The minimum Gasteiger partial charge on any atom is -0.485 e. The fraction of sp³-hybridized carbons (Fsp3) is 0.583. The molecule has 1 aliphatic rings. The molecule has 19 heavy (non-hydrogen) atoms. The number of nitrogens with one attached hydrogen (secondary N) is 1. The molecule has 1 aliphatic carbocycles. The molecule has 0 unspecified atom stereocenters. The number of ether oxygens (including phenoxy) is 1. The van der Waals surface area contributed by atoms with Gasteiger partial charge in [0, 0.05) is 24.3 Å². The smallest absolute Gasteiger partial charge is 0.340 e. The number of rotatable bonds is 7. The van der Waals surface area contributed by atoms with E-state index >= 15 is 0 Å². The first-order valence-electron chi connectivity index (χ1n) is 5.94. The topological polar surface area (TPSA) is 34.1 Å². The van der Waals surface area contributed by atoms with Crippen molar-refractivity contribution in [3.8, 4) is 5.75 Å². The molecule has 0 aliphatic heterocycles. The van der Waals surface area contributed by atoms with Crippen LogP contribution in [0.5, 0.6) is 5.75 Å². The Labute approximate surface area is 108 Å². The van der Waals surface area contributed by atoms with Gasteiger partial charge in [-0.15, -0.1) is 0 Å². The van der Waals surface area contributed by atoms with E-state index in [9.17, 15) is 17.6 Å². The number of nitrogens with zero attached hydrogens (tertiary/aromatic N) is 1. The second kappa shape index (κ2) is 5.73. The lowest BCUT2D eigenvalue weighted by Gasteiger charge is -2.17. The fourth-order valence-electron chi connectivity index (χ4n) is 1.46. The van der Waals surface area contributed by atoms with E-state index in [0.29, 0.717) is 18.2 Å². The summed E-state index contributed by atoms with van der Waals surface area (Å²) in [7, 11) is 0. The molecular weight excluding hydrogens is 264 g/mol. The Morgan fingerprint density at radius 2 is 2.16 bits per heavy atom. The Balaban J connectivity index is 1.94. The Kier molecular flexibility index (Phi) is 4.24. The Morgan fingerprint density at radius 3 is 2.79 bits per heavy atom. The summed E-state index contributed by atoms with van der Waals surface area (Å²) in [5.41, 5.74) is 0.631. The van der Waals surface area contributed by atoms with E-state index in [0.717, 1.165) is 12.8 Å². The SMILES string of the molecule is FC(F)C(F)(F)COc1cnccc1CNC1CC1. The molecule has 1 saturated carbocycles. The van der Waals surface area contributed by atoms with Crippen molar-refractivity contribution in [3.05, 3.63) is 24.0 Å². The number of aromatic nitrogens is 1. The first-order chi connectivity index (χ1) is 8.99. The minimum absolute atomic E-state index is 0.107. The summed E-state index contributed by atoms with van der Waals surface area (Å²) in [5.74, 6) is -4.05. The normalized spacial score (nSPS) is 15.8. The highest BCUT2D eigenvalue weighted by Crippen LogP contribution is 2.26. The molecule has 2 rings (SSSR count). The van der Waals surface area contributed by atoms with Gasteiger partial charge in [-0.2, -0.15) is 8.78 Å². The van der Waals surface area contributed by atoms with Gasteiger partial charge in [0.2, 0.25) is 0 Å². The van der Waals surface area contributed by atoms with Crippen LogP contribution in [-0.2, 0) is 6.54 Å². The zero-order valence-corrected chi connectivity index (χ0v) is 10.1. The highest BCUT2D eigenvalue weighted by atomic mass is 19.3. The number of hydrogen-bond acceptors (Lipinski definition) is 3. The van der Waals surface area contributed by atoms with Crippen LogP contribution >= 0.6 is 0 Å². The molecule has 1 N–H and O–H groups in total. The van der Waals surface area contributed by atoms with Crippen LogP contribution in [0, 0.1) is 0 Å². The van der Waals surface area contributed by atoms with Crippen LogP contribution in [0.1, 0.15) is 18.4 Å². The van der Waals surface area contributed by atoms with E-state index in [1.54, 1.807) is 6.07 Å². The van der Waals surface area contributed by atoms with Gasteiger partial charge in [-0.05, 0) is 18.9 Å². The molecule has 7 heteroatoms. The molecule has 0 spiro atoms. The van der Waals surface area contributed by atoms with Crippen molar-refractivity contribution >= 4 is 0 Å². The maximum Gasteiger partial charge on any atom is 0.340 e. The average Bonchev–Trinajstić information content (AvgIpc) is 3.18. The van der Waals surface area contributed by atoms with Crippen molar-refractivity contribution in [2.75, 3.05) is 6.61 Å². The van der Waals surface area contributed by atoms with Crippen LogP contribution < -0.4 is 10.1 Å². The standard InChI is InChI=1S/C12H14F4N2O/c13-11(14)12(15,16)7-19-10-6-17-4-3-8(10)5-18-9-1-2-9/h3-4,6,9,11,18H,1-2,5,7H2. The molecular formula is C12H14F4N2O. The Bertz CT molecular complexity index is 424. The largest absolute Gasteiger partial charge is 0.485 e. The lowest BCUT2D eigenvalue weighted by atomic mass is 10.2. The second-order valence-corrected chi connectivity index (χ2v) is 4.49. The molecule has 1 fully saturated rings. The van der Waals surface area contributed by atoms with E-state index in [1.807, 2.05) is 0 Å². The third-order valence-corrected chi connectivity index (χ3v) is 2.77. The summed E-state index contributed by atoms with van der Waals surface area (Å²) in [6, 6.07) is 2.06. The molecule has 0 bridgehead atoms. The molecule has 1 aromatic rings. The summed E-state index contributed by atoms with van der Waals surface area (Å²) in [6.07, 6.45) is 1.19. The lowest BCUT2D eigenvalue weighted by molar-refractivity contribution is -0.148. The van der Waals surface area contributed by atoms with Gasteiger partial charge in [-0.1, -0.05) is 0 Å². The monoisotopic (exact) mass is 278 g/mol. The Morgan fingerprint density at radius 1 is 1.42 bits per heavy atom. The molecule has 3 nitrogen and oxygen atoms in total. The fourth-order valence-corrected chi connectivity index (χ4v) is 1.46. The van der Waals surface area contributed by atoms with Crippen molar-refractivity contribution in [1.82, 2.24) is 10.3 Å². The third kappa shape index (κ3) is 4.05. The van der Waals surface area contributed by atoms with Gasteiger partial charge >= 0.3 is 12.3 Å². The minimum atomic E-state index is -4.16. The number of hydrogen-bond donors (Lipinski definition) is 1. The van der Waals surface area contributed by atoms with Crippen LogP contribution in [-0.4, -0.2) is 30.0 Å². The van der Waals surface area contributed by atoms with Crippen LogP contribution in [0.4, 0.5) is 17.6 Å². The molecule has 1 heterocycles. The molecule has 106 valence electrons. The molecule has 0 amide bonds. The van der Waals surface area contributed by atoms with Crippen molar-refractivity contribution in [1.29, 1.82) is 0 Å². The zero-order chi connectivity index (χ0) is 13.9. The van der Waals surface area contributed by atoms with Gasteiger partial charge in [-0.3, -0.25) is 4.98 Å². The molecule has 0 atom stereocenters. The first-order valence-corrected chi connectivity index (χ1v) is 5.94. The van der Waals surface area contributed by atoms with Crippen molar-refractivity contribution in [2.24, 2.45) is 0 Å². The van der Waals surface area contributed by atoms with E-state index in [2.05, 4.69) is 10.3 Å². The van der Waals surface area contributed by atoms with Gasteiger partial charge in [0.1, 0.15) is 5.75 Å². The van der Waals surface area contributed by atoms with E-state index in [-0.39, 0.29) is 5.75 Å². The van der Waals surface area contributed by atoms with Crippen molar-refractivity contribution < 1.29 is 22.3 Å². The number of alkyl halides is 4. The van der Waals surface area contributed by atoms with Crippen LogP contribution in [0.3, 0.4) is 0 Å². The van der Waals surface area contributed by atoms with Gasteiger partial charge in [0.25, 0.3) is 0 Å². The highest BCUT2D eigenvalue weighted by molar-refractivity contribution is 5.29. The zero-order valence-electron chi connectivity index (χ0n) is 10.1. The summed E-state index contributed by atoms with van der Waals surface area (Å²) in [4.78, 5) is 3.75. The van der Waals surface area contributed by atoms with Crippen LogP contribution in [0.2, 0.25) is 0 Å². The van der Waals surface area contributed by atoms with Crippen LogP contribution in [0.15, 0.2) is 18.5 Å². The van der Waals surface area contributed by atoms with Gasteiger partial charge in [0.15, 0.2) is 6.61 Å². The third-order valence-electron chi connectivity index (χ3n) is 2.77. The van der Waals surface area contributed by atoms with E-state index < -0.39 is 19.0 Å². The van der Waals surface area contributed by atoms with Gasteiger partial charge < -0.3 is 10.1 Å². The summed E-state index contributed by atoms with van der Waals surface area (Å²) in [6.45, 7) is -0.907. The number of pyridine rings is 1. The van der Waals surface area contributed by atoms with Gasteiger partial charge in [-0.25, -0.2) is 8.78 Å². The summed E-state index contributed by atoms with van der Waals surface area (Å²) < 4.78 is 54.4. The highest BCUT2D eigenvalue weighted by Gasteiger charge is 2.41. The summed E-state index contributed by atoms with van der Waals surface area (Å²) in [5, 5.41) is 3.19. The first kappa shape index (κ1) is 14.0. The van der Waals surface area contributed by atoms with Crippen molar-refractivity contribution in [3.63, 3.8) is 0 Å². The lowest BCUT2D eigenvalue weighted by Crippen LogP contribution is -2.34. The summed E-state index contributed by atoms with van der Waals surface area (Å²) >= 11 is 0. The Hall–Kier alpha value is -1.37. The van der Waals surface area contributed by atoms with E-state index in [4.69, 9.17) is 4.74 Å². The maximum atomic E-state index is 12.8. The maximum absolute atomic E-state index is 12.8. The second-order valence-electron chi connectivity index (χ2n) is 4.49. The van der Waals surface area contributed by atoms with Crippen molar-refractivity contribution in [2.45, 2.75) is 37.8 Å². The predicted octanol–water partition coefficient (Wildman–Crippen LogP) is 2.61. The number of halogens is 4. The molecule has 1 aromatic heterocycles. The molecule has 0 radical (unpaired) electrons. The predicted molar refractivity (Wildman–Crippen MR) is 60.5 cm³/mol. The molecule has 0 aromatic carbocycles. The average molecular weight is 278 g/mol. The molecule has 0 saturated heterocycles. The quantitative estimate of drug-likeness (QED) is 0.778.